The predicted octanol–water partition coefficient (Wildman–Crippen LogP) is 4.65. The highest BCUT2D eigenvalue weighted by Crippen LogP contribution is 2.36. The summed E-state index contributed by atoms with van der Waals surface area (Å²) >= 11 is 3.63. The van der Waals surface area contributed by atoms with Crippen molar-refractivity contribution in [3.63, 3.8) is 0 Å². The molecular weight excluding hydrogens is 452 g/mol. The van der Waals surface area contributed by atoms with E-state index in [-0.39, 0.29) is 6.17 Å². The Kier molecular flexibility index (Phi) is 5.80. The highest BCUT2D eigenvalue weighted by molar-refractivity contribution is 9.10. The molecule has 2 aromatic heterocycles. The van der Waals surface area contributed by atoms with E-state index in [1.807, 2.05) is 19.3 Å². The van der Waals surface area contributed by atoms with Gasteiger partial charge in [-0.1, -0.05) is 34.1 Å². The number of hydrogen-bond acceptors (Lipinski definition) is 4. The zero-order valence-electron chi connectivity index (χ0n) is 17.7. The Balaban J connectivity index is 1.46. The molecular formula is C25H27BrN4O. The third-order valence-electron chi connectivity index (χ3n) is 6.30. The van der Waals surface area contributed by atoms with Crippen LogP contribution in [0.4, 0.5) is 0 Å². The number of hydrogen-bond donors (Lipinski definition) is 1. The lowest BCUT2D eigenvalue weighted by Crippen LogP contribution is -2.50. The van der Waals surface area contributed by atoms with E-state index >= 15 is 0 Å². The molecule has 31 heavy (non-hydrogen) atoms. The molecule has 1 aliphatic rings. The molecule has 0 aliphatic carbocycles. The molecule has 2 unspecified atom stereocenters. The van der Waals surface area contributed by atoms with E-state index in [9.17, 15) is 5.11 Å². The SMILES string of the molecule is CC(O)C(N1CCN(Cc2ccncc2)CC1)n1c2ccccc2c2cc(Br)ccc21. The smallest absolute Gasteiger partial charge is 0.113 e. The van der Waals surface area contributed by atoms with Crippen LogP contribution in [0.25, 0.3) is 21.8 Å². The first-order valence-electron chi connectivity index (χ1n) is 10.8. The Morgan fingerprint density at radius 1 is 0.935 bits per heavy atom. The number of halogens is 1. The fraction of sp³-hybridized carbons (Fsp3) is 0.320. The van der Waals surface area contributed by atoms with Crippen molar-refractivity contribution in [2.45, 2.75) is 25.7 Å². The average Bonchev–Trinajstić information content (AvgIpc) is 3.09. The van der Waals surface area contributed by atoms with Crippen molar-refractivity contribution >= 4 is 37.7 Å². The van der Waals surface area contributed by atoms with Gasteiger partial charge in [-0.3, -0.25) is 14.8 Å². The highest BCUT2D eigenvalue weighted by atomic mass is 79.9. The lowest BCUT2D eigenvalue weighted by Gasteiger charge is -2.41. The van der Waals surface area contributed by atoms with Gasteiger partial charge in [-0.25, -0.2) is 0 Å². The average molecular weight is 479 g/mol. The second-order valence-electron chi connectivity index (χ2n) is 8.37. The van der Waals surface area contributed by atoms with Crippen molar-refractivity contribution < 1.29 is 5.11 Å². The van der Waals surface area contributed by atoms with Gasteiger partial charge < -0.3 is 9.67 Å². The van der Waals surface area contributed by atoms with Gasteiger partial charge in [-0.2, -0.15) is 0 Å². The van der Waals surface area contributed by atoms with Gasteiger partial charge >= 0.3 is 0 Å². The van der Waals surface area contributed by atoms with Gasteiger partial charge in [0.15, 0.2) is 0 Å². The normalized spacial score (nSPS) is 17.9. The molecule has 2 aromatic carbocycles. The Morgan fingerprint density at radius 3 is 2.39 bits per heavy atom. The summed E-state index contributed by atoms with van der Waals surface area (Å²) in [5.41, 5.74) is 3.62. The summed E-state index contributed by atoms with van der Waals surface area (Å²) in [5.74, 6) is 0. The van der Waals surface area contributed by atoms with Gasteiger partial charge in [0.05, 0.1) is 17.1 Å². The van der Waals surface area contributed by atoms with Gasteiger partial charge in [-0.15, -0.1) is 0 Å². The fourth-order valence-corrected chi connectivity index (χ4v) is 5.24. The summed E-state index contributed by atoms with van der Waals surface area (Å²) in [5, 5.41) is 13.4. The van der Waals surface area contributed by atoms with Crippen molar-refractivity contribution in [2.75, 3.05) is 26.2 Å². The maximum Gasteiger partial charge on any atom is 0.113 e. The van der Waals surface area contributed by atoms with Crippen molar-refractivity contribution in [2.24, 2.45) is 0 Å². The molecule has 5 nitrogen and oxygen atoms in total. The minimum atomic E-state index is -0.491. The minimum Gasteiger partial charge on any atom is -0.390 e. The maximum atomic E-state index is 10.9. The van der Waals surface area contributed by atoms with E-state index in [4.69, 9.17) is 0 Å². The molecule has 5 rings (SSSR count). The molecule has 6 heteroatoms. The van der Waals surface area contributed by atoms with Crippen molar-refractivity contribution in [1.29, 1.82) is 0 Å². The number of para-hydroxylation sites is 1. The zero-order chi connectivity index (χ0) is 21.4. The number of nitrogens with zero attached hydrogens (tertiary/aromatic N) is 4. The summed E-state index contributed by atoms with van der Waals surface area (Å²) in [4.78, 5) is 9.03. The van der Waals surface area contributed by atoms with Gasteiger partial charge in [0.25, 0.3) is 0 Å². The molecule has 0 bridgehead atoms. The van der Waals surface area contributed by atoms with Crippen LogP contribution in [0.3, 0.4) is 0 Å². The Bertz CT molecular complexity index is 1180. The molecule has 0 amide bonds. The Labute approximate surface area is 191 Å². The molecule has 3 heterocycles. The van der Waals surface area contributed by atoms with Gasteiger partial charge in [0, 0.05) is 60.4 Å². The number of benzene rings is 2. The van der Waals surface area contributed by atoms with E-state index in [1.165, 1.54) is 21.9 Å². The molecule has 0 spiro atoms. The largest absolute Gasteiger partial charge is 0.390 e. The second kappa shape index (κ2) is 8.71. The minimum absolute atomic E-state index is 0.105. The second-order valence-corrected chi connectivity index (χ2v) is 9.29. The Morgan fingerprint density at radius 2 is 1.65 bits per heavy atom. The van der Waals surface area contributed by atoms with E-state index in [0.29, 0.717) is 0 Å². The summed E-state index contributed by atoms with van der Waals surface area (Å²) in [7, 11) is 0. The van der Waals surface area contributed by atoms with Gasteiger partial charge in [0.2, 0.25) is 0 Å². The summed E-state index contributed by atoms with van der Waals surface area (Å²) in [6, 6.07) is 19.1. The zero-order valence-corrected chi connectivity index (χ0v) is 19.2. The fourth-order valence-electron chi connectivity index (χ4n) is 4.88. The number of aliphatic hydroxyl groups is 1. The van der Waals surface area contributed by atoms with E-state index in [1.54, 1.807) is 0 Å². The number of piperazine rings is 1. The third-order valence-corrected chi connectivity index (χ3v) is 6.80. The van der Waals surface area contributed by atoms with Gasteiger partial charge in [-0.05, 0) is 48.9 Å². The van der Waals surface area contributed by atoms with E-state index < -0.39 is 6.10 Å². The lowest BCUT2D eigenvalue weighted by molar-refractivity contribution is -0.00679. The van der Waals surface area contributed by atoms with E-state index in [2.05, 4.69) is 89.9 Å². The first kappa shape index (κ1) is 20.6. The van der Waals surface area contributed by atoms with Crippen LogP contribution in [0.1, 0.15) is 18.7 Å². The quantitative estimate of drug-likeness (QED) is 0.453. The number of aliphatic hydroxyl groups excluding tert-OH is 1. The van der Waals surface area contributed by atoms with Crippen LogP contribution in [0.5, 0.6) is 0 Å². The van der Waals surface area contributed by atoms with Crippen LogP contribution >= 0.6 is 15.9 Å². The molecule has 2 atom stereocenters. The number of fused-ring (bicyclic) bond motifs is 3. The third kappa shape index (κ3) is 4.01. The number of aromatic nitrogens is 2. The van der Waals surface area contributed by atoms with Crippen molar-refractivity contribution in [3.05, 3.63) is 77.0 Å². The van der Waals surface area contributed by atoms with Crippen LogP contribution in [-0.2, 0) is 6.54 Å². The standard InChI is InChI=1S/C25H27BrN4O/c1-18(31)25(29-14-12-28(13-15-29)17-19-8-10-27-11-9-19)30-23-5-3-2-4-21(23)22-16-20(26)6-7-24(22)30/h2-11,16,18,25,31H,12-15,17H2,1H3. The van der Waals surface area contributed by atoms with Crippen LogP contribution in [-0.4, -0.2) is 56.7 Å². The first-order valence-corrected chi connectivity index (χ1v) is 11.6. The van der Waals surface area contributed by atoms with Crippen LogP contribution < -0.4 is 0 Å². The molecule has 4 aromatic rings. The van der Waals surface area contributed by atoms with E-state index in [0.717, 1.165) is 42.7 Å². The molecule has 1 N–H and O–H groups in total. The molecule has 1 saturated heterocycles. The van der Waals surface area contributed by atoms with Crippen LogP contribution in [0.2, 0.25) is 0 Å². The summed E-state index contributed by atoms with van der Waals surface area (Å²) < 4.78 is 3.40. The van der Waals surface area contributed by atoms with Crippen molar-refractivity contribution in [1.82, 2.24) is 19.4 Å². The van der Waals surface area contributed by atoms with Gasteiger partial charge in [0.1, 0.15) is 6.17 Å². The maximum absolute atomic E-state index is 10.9. The molecule has 0 radical (unpaired) electrons. The highest BCUT2D eigenvalue weighted by Gasteiger charge is 2.30. The number of rotatable bonds is 5. The molecule has 0 saturated carbocycles. The Hall–Kier alpha value is -2.25. The topological polar surface area (TPSA) is 44.5 Å². The molecule has 1 aliphatic heterocycles. The predicted molar refractivity (Wildman–Crippen MR) is 129 cm³/mol. The van der Waals surface area contributed by atoms with Crippen molar-refractivity contribution in [3.8, 4) is 0 Å². The summed E-state index contributed by atoms with van der Waals surface area (Å²) in [6.45, 7) is 6.66. The lowest BCUT2D eigenvalue weighted by atomic mass is 10.2. The molecule has 160 valence electrons. The monoisotopic (exact) mass is 478 g/mol. The molecule has 1 fully saturated rings. The summed E-state index contributed by atoms with van der Waals surface area (Å²) in [6.07, 6.45) is 3.12. The van der Waals surface area contributed by atoms with Crippen LogP contribution in [0, 0.1) is 0 Å². The first-order chi connectivity index (χ1) is 15.1. The van der Waals surface area contributed by atoms with Crippen LogP contribution in [0.15, 0.2) is 71.5 Å². The number of pyridine rings is 1.